The van der Waals surface area contributed by atoms with Crippen LogP contribution < -0.4 is 0 Å². The maximum Gasteiger partial charge on any atom is 0.264 e. The first kappa shape index (κ1) is 14.9. The van der Waals surface area contributed by atoms with Crippen LogP contribution in [0.3, 0.4) is 0 Å². The summed E-state index contributed by atoms with van der Waals surface area (Å²) in [6.45, 7) is 0. The Labute approximate surface area is 109 Å². The van der Waals surface area contributed by atoms with E-state index in [1.54, 1.807) is 0 Å². The van der Waals surface area contributed by atoms with Crippen molar-refractivity contribution in [2.24, 2.45) is 0 Å². The molecule has 0 spiro atoms. The van der Waals surface area contributed by atoms with Crippen molar-refractivity contribution >= 4 is 16.2 Å². The minimum atomic E-state index is -3.77. The van der Waals surface area contributed by atoms with E-state index >= 15 is 0 Å². The fourth-order valence-corrected chi connectivity index (χ4v) is 2.25. The summed E-state index contributed by atoms with van der Waals surface area (Å²) in [7, 11) is -3.77. The molecule has 0 saturated carbocycles. The van der Waals surface area contributed by atoms with Crippen molar-refractivity contribution in [3.8, 4) is 0 Å². The fourth-order valence-electron chi connectivity index (χ4n) is 1.68. The van der Waals surface area contributed by atoms with E-state index in [4.69, 9.17) is 4.55 Å². The van der Waals surface area contributed by atoms with Crippen LogP contribution in [0, 0.1) is 0 Å². The van der Waals surface area contributed by atoms with E-state index in [-0.39, 0.29) is 5.75 Å². The van der Waals surface area contributed by atoms with Crippen molar-refractivity contribution in [2.45, 2.75) is 32.1 Å². The van der Waals surface area contributed by atoms with Gasteiger partial charge < -0.3 is 0 Å². The van der Waals surface area contributed by atoms with Crippen LogP contribution in [0.15, 0.2) is 36.4 Å². The maximum atomic E-state index is 10.5. The van der Waals surface area contributed by atoms with E-state index in [1.165, 1.54) is 5.56 Å². The second kappa shape index (κ2) is 8.06. The lowest BCUT2D eigenvalue weighted by Gasteiger charge is -1.98. The Kier molecular flexibility index (Phi) is 6.68. The SMILES string of the molecule is O=S(=O)(O)CCCCCCC=Cc1ccccc1. The highest BCUT2D eigenvalue weighted by atomic mass is 32.2. The Morgan fingerprint density at radius 2 is 1.67 bits per heavy atom. The molecule has 0 unspecified atom stereocenters. The van der Waals surface area contributed by atoms with Gasteiger partial charge in [0.05, 0.1) is 5.75 Å². The standard InChI is InChI=1S/C14H20O3S/c15-18(16,17)13-9-4-2-1-3-6-10-14-11-7-5-8-12-14/h5-8,10-12H,1-4,9,13H2,(H,15,16,17). The Morgan fingerprint density at radius 1 is 1.00 bits per heavy atom. The van der Waals surface area contributed by atoms with Crippen molar-refractivity contribution in [2.75, 3.05) is 5.75 Å². The minimum absolute atomic E-state index is 0.118. The topological polar surface area (TPSA) is 54.4 Å². The minimum Gasteiger partial charge on any atom is -0.286 e. The summed E-state index contributed by atoms with van der Waals surface area (Å²) in [5.41, 5.74) is 1.20. The van der Waals surface area contributed by atoms with E-state index in [0.717, 1.165) is 25.7 Å². The maximum absolute atomic E-state index is 10.5. The first-order chi connectivity index (χ1) is 8.58. The van der Waals surface area contributed by atoms with Gasteiger partial charge in [0.1, 0.15) is 0 Å². The molecule has 1 N–H and O–H groups in total. The number of hydrogen-bond donors (Lipinski definition) is 1. The molecule has 18 heavy (non-hydrogen) atoms. The quantitative estimate of drug-likeness (QED) is 0.579. The Bertz CT molecular complexity index is 449. The van der Waals surface area contributed by atoms with E-state index in [0.29, 0.717) is 6.42 Å². The van der Waals surface area contributed by atoms with Gasteiger partial charge in [0.15, 0.2) is 0 Å². The third kappa shape index (κ3) is 8.03. The number of benzene rings is 1. The van der Waals surface area contributed by atoms with Crippen LogP contribution >= 0.6 is 0 Å². The first-order valence-electron chi connectivity index (χ1n) is 6.25. The summed E-state index contributed by atoms with van der Waals surface area (Å²) in [5.74, 6) is -0.118. The third-order valence-electron chi connectivity index (χ3n) is 2.63. The molecule has 0 aliphatic heterocycles. The predicted molar refractivity (Wildman–Crippen MR) is 75.0 cm³/mol. The molecule has 0 radical (unpaired) electrons. The van der Waals surface area contributed by atoms with Crippen molar-refractivity contribution in [3.05, 3.63) is 42.0 Å². The highest BCUT2D eigenvalue weighted by Gasteiger charge is 2.02. The first-order valence-corrected chi connectivity index (χ1v) is 7.85. The summed E-state index contributed by atoms with van der Waals surface area (Å²) in [6.07, 6.45) is 8.67. The molecule has 0 bridgehead atoms. The van der Waals surface area contributed by atoms with Gasteiger partial charge in [-0.15, -0.1) is 0 Å². The summed E-state index contributed by atoms with van der Waals surface area (Å²) in [5, 5.41) is 0. The number of hydrogen-bond acceptors (Lipinski definition) is 2. The van der Waals surface area contributed by atoms with Crippen molar-refractivity contribution in [3.63, 3.8) is 0 Å². The Hall–Kier alpha value is -1.13. The van der Waals surface area contributed by atoms with E-state index < -0.39 is 10.1 Å². The van der Waals surface area contributed by atoms with Crippen LogP contribution in [-0.2, 0) is 10.1 Å². The fraction of sp³-hybridized carbons (Fsp3) is 0.429. The molecule has 1 aromatic rings. The van der Waals surface area contributed by atoms with Crippen molar-refractivity contribution in [1.82, 2.24) is 0 Å². The molecule has 0 heterocycles. The molecule has 0 atom stereocenters. The largest absolute Gasteiger partial charge is 0.286 e. The van der Waals surface area contributed by atoms with Gasteiger partial charge >= 0.3 is 0 Å². The molecule has 0 saturated heterocycles. The van der Waals surface area contributed by atoms with Crippen LogP contribution in [0.4, 0.5) is 0 Å². The predicted octanol–water partition coefficient (Wildman–Crippen LogP) is 3.54. The second-order valence-corrected chi connectivity index (χ2v) is 5.87. The molecule has 0 aromatic heterocycles. The average molecular weight is 268 g/mol. The van der Waals surface area contributed by atoms with Crippen molar-refractivity contribution < 1.29 is 13.0 Å². The highest BCUT2D eigenvalue weighted by Crippen LogP contribution is 2.07. The monoisotopic (exact) mass is 268 g/mol. The van der Waals surface area contributed by atoms with Gasteiger partial charge in [0.25, 0.3) is 10.1 Å². The molecular weight excluding hydrogens is 248 g/mol. The molecule has 0 fully saturated rings. The molecule has 0 aliphatic carbocycles. The molecule has 3 nitrogen and oxygen atoms in total. The Balaban J connectivity index is 2.04. The second-order valence-electron chi connectivity index (χ2n) is 4.30. The van der Waals surface area contributed by atoms with E-state index in [2.05, 4.69) is 24.3 Å². The normalized spacial score (nSPS) is 12.1. The lowest BCUT2D eigenvalue weighted by atomic mass is 10.1. The number of allylic oxidation sites excluding steroid dienone is 1. The zero-order valence-electron chi connectivity index (χ0n) is 10.5. The summed E-state index contributed by atoms with van der Waals surface area (Å²) < 4.78 is 29.5. The van der Waals surface area contributed by atoms with Crippen LogP contribution in [-0.4, -0.2) is 18.7 Å². The van der Waals surface area contributed by atoms with Gasteiger partial charge in [-0.2, -0.15) is 8.42 Å². The smallest absolute Gasteiger partial charge is 0.264 e. The molecule has 100 valence electrons. The zero-order valence-corrected chi connectivity index (χ0v) is 11.3. The van der Waals surface area contributed by atoms with Crippen LogP contribution in [0.5, 0.6) is 0 Å². The van der Waals surface area contributed by atoms with E-state index in [1.807, 2.05) is 18.2 Å². The molecule has 0 aliphatic rings. The van der Waals surface area contributed by atoms with Crippen LogP contribution in [0.1, 0.15) is 37.7 Å². The van der Waals surface area contributed by atoms with Gasteiger partial charge in [-0.25, -0.2) is 0 Å². The van der Waals surface area contributed by atoms with Crippen LogP contribution in [0.2, 0.25) is 0 Å². The summed E-state index contributed by atoms with van der Waals surface area (Å²) in [6, 6.07) is 10.1. The molecule has 1 aromatic carbocycles. The van der Waals surface area contributed by atoms with Gasteiger partial charge in [0, 0.05) is 0 Å². The van der Waals surface area contributed by atoms with Gasteiger partial charge in [-0.3, -0.25) is 4.55 Å². The van der Waals surface area contributed by atoms with Gasteiger partial charge in [0.2, 0.25) is 0 Å². The number of rotatable bonds is 8. The third-order valence-corrected chi connectivity index (χ3v) is 3.44. The highest BCUT2D eigenvalue weighted by molar-refractivity contribution is 7.85. The molecule has 0 amide bonds. The van der Waals surface area contributed by atoms with Crippen molar-refractivity contribution in [1.29, 1.82) is 0 Å². The van der Waals surface area contributed by atoms with E-state index in [9.17, 15) is 8.42 Å². The molecule has 4 heteroatoms. The summed E-state index contributed by atoms with van der Waals surface area (Å²) in [4.78, 5) is 0. The number of unbranched alkanes of at least 4 members (excludes halogenated alkanes) is 4. The molecule has 1 rings (SSSR count). The lowest BCUT2D eigenvalue weighted by Crippen LogP contribution is -2.03. The van der Waals surface area contributed by atoms with Gasteiger partial charge in [-0.1, -0.05) is 55.3 Å². The Morgan fingerprint density at radius 3 is 2.33 bits per heavy atom. The summed E-state index contributed by atoms with van der Waals surface area (Å²) >= 11 is 0. The average Bonchev–Trinajstić information content (AvgIpc) is 2.32. The zero-order chi connectivity index (χ0) is 13.3. The molecular formula is C14H20O3S. The van der Waals surface area contributed by atoms with Crippen LogP contribution in [0.25, 0.3) is 6.08 Å². The van der Waals surface area contributed by atoms with Gasteiger partial charge in [-0.05, 0) is 24.8 Å². The lowest BCUT2D eigenvalue weighted by molar-refractivity contribution is 0.479.